The Morgan fingerprint density at radius 2 is 1.52 bits per heavy atom. The maximum Gasteiger partial charge on any atom is 0.408 e. The van der Waals surface area contributed by atoms with Gasteiger partial charge in [-0.2, -0.15) is 0 Å². The minimum atomic E-state index is -1.17. The third-order valence-corrected chi connectivity index (χ3v) is 4.02. The van der Waals surface area contributed by atoms with Crippen molar-refractivity contribution < 1.29 is 29.0 Å². The van der Waals surface area contributed by atoms with Gasteiger partial charge in [0.15, 0.2) is 0 Å². The van der Waals surface area contributed by atoms with E-state index in [1.54, 1.807) is 0 Å². The molecule has 29 heavy (non-hydrogen) atoms. The topological polar surface area (TPSA) is 134 Å². The van der Waals surface area contributed by atoms with E-state index in [4.69, 9.17) is 9.84 Å². The molecule has 0 unspecified atom stereocenters. The van der Waals surface area contributed by atoms with Gasteiger partial charge in [0.2, 0.25) is 11.8 Å². The number of carboxylic acid groups (broad SMARTS) is 1. The van der Waals surface area contributed by atoms with Crippen molar-refractivity contribution in [2.45, 2.75) is 58.2 Å². The monoisotopic (exact) mass is 407 g/mol. The number of alkyl carbamates (subject to hydrolysis) is 1. The summed E-state index contributed by atoms with van der Waals surface area (Å²) in [5, 5.41) is 16.1. The zero-order valence-electron chi connectivity index (χ0n) is 16.8. The molecule has 0 heterocycles. The van der Waals surface area contributed by atoms with E-state index < -0.39 is 42.5 Å². The van der Waals surface area contributed by atoms with Crippen LogP contribution in [0, 0.1) is 0 Å². The molecule has 0 aliphatic rings. The number of amides is 3. The Morgan fingerprint density at radius 3 is 2.07 bits per heavy atom. The summed E-state index contributed by atoms with van der Waals surface area (Å²) >= 11 is 0. The number of aliphatic carboxylic acids is 1. The molecule has 1 aromatic rings. The number of rotatable bonds is 12. The predicted octanol–water partition coefficient (Wildman–Crippen LogP) is 1.57. The van der Waals surface area contributed by atoms with Crippen molar-refractivity contribution in [2.24, 2.45) is 0 Å². The Balaban J connectivity index is 2.64. The first-order valence-electron chi connectivity index (χ1n) is 9.64. The zero-order valence-corrected chi connectivity index (χ0v) is 16.8. The number of benzene rings is 1. The Kier molecular flexibility index (Phi) is 10.8. The fraction of sp³-hybridized carbons (Fsp3) is 0.500. The maximum atomic E-state index is 12.6. The highest BCUT2D eigenvalue weighted by molar-refractivity contribution is 5.92. The first-order valence-corrected chi connectivity index (χ1v) is 9.64. The van der Waals surface area contributed by atoms with Crippen LogP contribution in [0.1, 0.15) is 45.1 Å². The van der Waals surface area contributed by atoms with Gasteiger partial charge in [0.1, 0.15) is 25.2 Å². The summed E-state index contributed by atoms with van der Waals surface area (Å²) in [6.07, 6.45) is 1.21. The minimum absolute atomic E-state index is 0.0726. The number of hydrogen-bond acceptors (Lipinski definition) is 5. The summed E-state index contributed by atoms with van der Waals surface area (Å²) in [6, 6.07) is 7.39. The molecule has 3 amide bonds. The number of carbonyl (C=O) groups is 4. The van der Waals surface area contributed by atoms with Crippen molar-refractivity contribution in [2.75, 3.05) is 6.54 Å². The molecule has 0 saturated carbocycles. The van der Waals surface area contributed by atoms with Crippen molar-refractivity contribution in [3.8, 4) is 0 Å². The largest absolute Gasteiger partial charge is 0.480 e. The van der Waals surface area contributed by atoms with Gasteiger partial charge in [-0.25, -0.2) is 4.79 Å². The second-order valence-corrected chi connectivity index (χ2v) is 6.51. The van der Waals surface area contributed by atoms with Crippen LogP contribution in [-0.4, -0.2) is 47.6 Å². The lowest BCUT2D eigenvalue weighted by Gasteiger charge is -2.22. The third-order valence-electron chi connectivity index (χ3n) is 4.02. The Labute approximate surface area is 170 Å². The molecule has 0 fully saturated rings. The second kappa shape index (κ2) is 13.1. The van der Waals surface area contributed by atoms with Gasteiger partial charge in [0.25, 0.3) is 0 Å². The summed E-state index contributed by atoms with van der Waals surface area (Å²) in [5.74, 6) is -2.27. The molecule has 0 aromatic heterocycles. The van der Waals surface area contributed by atoms with Gasteiger partial charge < -0.3 is 25.8 Å². The lowest BCUT2D eigenvalue weighted by molar-refractivity contribution is -0.138. The van der Waals surface area contributed by atoms with Gasteiger partial charge in [-0.3, -0.25) is 14.4 Å². The van der Waals surface area contributed by atoms with E-state index >= 15 is 0 Å². The molecule has 2 atom stereocenters. The van der Waals surface area contributed by atoms with Crippen LogP contribution >= 0.6 is 0 Å². The number of hydrogen-bond donors (Lipinski definition) is 4. The molecule has 160 valence electrons. The minimum Gasteiger partial charge on any atom is -0.480 e. The molecule has 0 bridgehead atoms. The van der Waals surface area contributed by atoms with Crippen LogP contribution in [0.15, 0.2) is 30.3 Å². The van der Waals surface area contributed by atoms with Gasteiger partial charge in [0, 0.05) is 0 Å². The Hall–Kier alpha value is -3.10. The molecule has 0 spiro atoms. The molecule has 0 radical (unpaired) electrons. The maximum absolute atomic E-state index is 12.6. The number of carboxylic acids is 1. The van der Waals surface area contributed by atoms with Crippen LogP contribution in [0.25, 0.3) is 0 Å². The molecule has 9 heteroatoms. The van der Waals surface area contributed by atoms with Crippen LogP contribution < -0.4 is 16.0 Å². The number of nitrogens with one attached hydrogen (secondary N) is 3. The summed E-state index contributed by atoms with van der Waals surface area (Å²) in [6.45, 7) is 3.24. The molecular weight excluding hydrogens is 378 g/mol. The lowest BCUT2D eigenvalue weighted by Crippen LogP contribution is -2.54. The van der Waals surface area contributed by atoms with E-state index in [0.717, 1.165) is 5.56 Å². The highest BCUT2D eigenvalue weighted by Gasteiger charge is 2.26. The summed E-state index contributed by atoms with van der Waals surface area (Å²) in [7, 11) is 0. The number of ether oxygens (including phenoxy) is 1. The Bertz CT molecular complexity index is 680. The first kappa shape index (κ1) is 23.9. The van der Waals surface area contributed by atoms with Crippen LogP contribution in [0.4, 0.5) is 4.79 Å². The average molecular weight is 407 g/mol. The van der Waals surface area contributed by atoms with E-state index in [2.05, 4.69) is 16.0 Å². The smallest absolute Gasteiger partial charge is 0.408 e. The van der Waals surface area contributed by atoms with Crippen LogP contribution in [0.5, 0.6) is 0 Å². The van der Waals surface area contributed by atoms with Crippen LogP contribution in [0.3, 0.4) is 0 Å². The van der Waals surface area contributed by atoms with Crippen LogP contribution in [0.2, 0.25) is 0 Å². The van der Waals surface area contributed by atoms with Crippen molar-refractivity contribution in [3.63, 3.8) is 0 Å². The molecule has 4 N–H and O–H groups in total. The molecule has 1 aromatic carbocycles. The predicted molar refractivity (Wildman–Crippen MR) is 106 cm³/mol. The zero-order chi connectivity index (χ0) is 21.6. The lowest BCUT2D eigenvalue weighted by atomic mass is 10.1. The highest BCUT2D eigenvalue weighted by Crippen LogP contribution is 2.04. The molecule has 0 saturated heterocycles. The summed E-state index contributed by atoms with van der Waals surface area (Å²) < 4.78 is 5.15. The van der Waals surface area contributed by atoms with E-state index in [-0.39, 0.29) is 6.61 Å². The summed E-state index contributed by atoms with van der Waals surface area (Å²) in [4.78, 5) is 47.4. The van der Waals surface area contributed by atoms with Gasteiger partial charge in [-0.05, 0) is 18.4 Å². The average Bonchev–Trinajstić information content (AvgIpc) is 2.70. The van der Waals surface area contributed by atoms with Crippen molar-refractivity contribution in [1.82, 2.24) is 16.0 Å². The molecule has 1 rings (SSSR count). The van der Waals surface area contributed by atoms with E-state index in [0.29, 0.717) is 25.7 Å². The fourth-order valence-electron chi connectivity index (χ4n) is 2.58. The van der Waals surface area contributed by atoms with E-state index in [1.807, 2.05) is 44.2 Å². The van der Waals surface area contributed by atoms with Crippen molar-refractivity contribution >= 4 is 23.9 Å². The summed E-state index contributed by atoms with van der Waals surface area (Å²) in [5.41, 5.74) is 0.817. The van der Waals surface area contributed by atoms with Crippen molar-refractivity contribution in [3.05, 3.63) is 35.9 Å². The van der Waals surface area contributed by atoms with Gasteiger partial charge in [-0.15, -0.1) is 0 Å². The molecule has 9 nitrogen and oxygen atoms in total. The fourth-order valence-corrected chi connectivity index (χ4v) is 2.58. The first-order chi connectivity index (χ1) is 13.9. The standard InChI is InChI=1S/C20H29N3O6/c1-3-8-15(18(26)21-12-17(24)25)22-19(27)16(9-4-2)23-20(28)29-13-14-10-6-5-7-11-14/h5-7,10-11,15-16H,3-4,8-9,12-13H2,1-2H3,(H,21,26)(H,22,27)(H,23,28)(H,24,25)/t15-,16-/m0/s1. The van der Waals surface area contributed by atoms with Gasteiger partial charge >= 0.3 is 12.1 Å². The van der Waals surface area contributed by atoms with Crippen LogP contribution in [-0.2, 0) is 25.7 Å². The molecular formula is C20H29N3O6. The Morgan fingerprint density at radius 1 is 0.931 bits per heavy atom. The second-order valence-electron chi connectivity index (χ2n) is 6.51. The highest BCUT2D eigenvalue weighted by atomic mass is 16.5. The quantitative estimate of drug-likeness (QED) is 0.416. The van der Waals surface area contributed by atoms with E-state index in [9.17, 15) is 19.2 Å². The third kappa shape index (κ3) is 9.59. The molecule has 0 aliphatic carbocycles. The SMILES string of the molecule is CCC[C@H](NC(=O)OCc1ccccc1)C(=O)N[C@@H](CCC)C(=O)NCC(=O)O. The molecule has 0 aliphatic heterocycles. The van der Waals surface area contributed by atoms with E-state index in [1.165, 1.54) is 0 Å². The van der Waals surface area contributed by atoms with Gasteiger partial charge in [-0.1, -0.05) is 57.0 Å². The van der Waals surface area contributed by atoms with Gasteiger partial charge in [0.05, 0.1) is 0 Å². The number of carbonyl (C=O) groups excluding carboxylic acids is 3. The normalized spacial score (nSPS) is 12.3. The van der Waals surface area contributed by atoms with Crippen molar-refractivity contribution in [1.29, 1.82) is 0 Å².